The van der Waals surface area contributed by atoms with Crippen molar-refractivity contribution in [2.24, 2.45) is 4.99 Å². The van der Waals surface area contributed by atoms with Crippen LogP contribution in [0.4, 0.5) is 0 Å². The van der Waals surface area contributed by atoms with Crippen molar-refractivity contribution in [2.75, 3.05) is 6.26 Å². The first kappa shape index (κ1) is 26.0. The predicted octanol–water partition coefficient (Wildman–Crippen LogP) is 8.01. The summed E-state index contributed by atoms with van der Waals surface area (Å²) < 4.78 is 2.25. The summed E-state index contributed by atoms with van der Waals surface area (Å²) in [5.41, 5.74) is 7.43. The molecule has 5 nitrogen and oxygen atoms in total. The van der Waals surface area contributed by atoms with Crippen molar-refractivity contribution in [2.45, 2.75) is 65.3 Å². The van der Waals surface area contributed by atoms with Gasteiger partial charge in [-0.2, -0.15) is 0 Å². The minimum Gasteiger partial charge on any atom is -0.478 e. The van der Waals surface area contributed by atoms with Gasteiger partial charge in [0, 0.05) is 29.4 Å². The number of pyridine rings is 1. The van der Waals surface area contributed by atoms with E-state index in [9.17, 15) is 9.90 Å². The lowest BCUT2D eigenvalue weighted by atomic mass is 9.83. The molecule has 1 N–H and O–H groups in total. The minimum absolute atomic E-state index is 0.508. The summed E-state index contributed by atoms with van der Waals surface area (Å²) in [5, 5.41) is 11.3. The number of carboxylic acid groups (broad SMARTS) is 1. The Bertz CT molecular complexity index is 1340. The van der Waals surface area contributed by atoms with Crippen LogP contribution in [0.2, 0.25) is 0 Å². The van der Waals surface area contributed by atoms with Crippen molar-refractivity contribution in [3.8, 4) is 11.3 Å². The summed E-state index contributed by atoms with van der Waals surface area (Å²) in [6.45, 7) is 6.90. The van der Waals surface area contributed by atoms with Gasteiger partial charge in [-0.1, -0.05) is 31.4 Å². The van der Waals surface area contributed by atoms with Crippen molar-refractivity contribution >= 4 is 45.8 Å². The summed E-state index contributed by atoms with van der Waals surface area (Å²) in [4.78, 5) is 20.7. The molecule has 1 aromatic carbocycles. The quantitative estimate of drug-likeness (QED) is 0.202. The standard InChI is InChI=1S/C30H35N3O2S/c1-5-33-26(14-16-29(34)35)19-27(22-9-7-6-8-10-22)30(33)24-12-15-28-23(18-24)11-13-25(32-28)17-20(2)31-21(3)36-4/h11-19,22H,5-10H2,1-4H3,(H,34,35)/b16-14+,20-17+,31-21?. The average Bonchev–Trinajstić information content (AvgIpc) is 3.26. The van der Waals surface area contributed by atoms with Crippen LogP contribution < -0.4 is 0 Å². The molecular formula is C30H35N3O2S. The van der Waals surface area contributed by atoms with E-state index < -0.39 is 5.97 Å². The van der Waals surface area contributed by atoms with E-state index in [4.69, 9.17) is 4.98 Å². The fourth-order valence-electron chi connectivity index (χ4n) is 5.18. The van der Waals surface area contributed by atoms with Crippen LogP contribution >= 0.6 is 11.8 Å². The molecule has 188 valence electrons. The van der Waals surface area contributed by atoms with Crippen LogP contribution in [0.5, 0.6) is 0 Å². The van der Waals surface area contributed by atoms with Gasteiger partial charge in [0.15, 0.2) is 0 Å². The van der Waals surface area contributed by atoms with Crippen molar-refractivity contribution in [3.63, 3.8) is 0 Å². The zero-order chi connectivity index (χ0) is 25.7. The number of hydrogen-bond donors (Lipinski definition) is 1. The summed E-state index contributed by atoms with van der Waals surface area (Å²) in [5.74, 6) is -0.418. The van der Waals surface area contributed by atoms with Gasteiger partial charge in [0.05, 0.1) is 21.9 Å². The van der Waals surface area contributed by atoms with Crippen LogP contribution in [0, 0.1) is 0 Å². The topological polar surface area (TPSA) is 67.5 Å². The molecule has 4 rings (SSSR count). The fourth-order valence-corrected chi connectivity index (χ4v) is 5.42. The number of allylic oxidation sites excluding steroid dienone is 1. The zero-order valence-electron chi connectivity index (χ0n) is 21.6. The second-order valence-electron chi connectivity index (χ2n) is 9.39. The van der Waals surface area contributed by atoms with Crippen molar-refractivity contribution in [3.05, 3.63) is 65.1 Å². The maximum absolute atomic E-state index is 11.2. The number of thioether (sulfide) groups is 1. The molecule has 2 aromatic heterocycles. The molecule has 0 spiro atoms. The number of nitrogens with zero attached hydrogens (tertiary/aromatic N) is 3. The highest BCUT2D eigenvalue weighted by Crippen LogP contribution is 2.41. The normalized spacial score (nSPS) is 15.8. The van der Waals surface area contributed by atoms with Gasteiger partial charge in [0.2, 0.25) is 0 Å². The first-order valence-corrected chi connectivity index (χ1v) is 13.9. The minimum atomic E-state index is -0.925. The van der Waals surface area contributed by atoms with Gasteiger partial charge in [0.1, 0.15) is 0 Å². The van der Waals surface area contributed by atoms with Gasteiger partial charge in [-0.15, -0.1) is 11.8 Å². The first-order chi connectivity index (χ1) is 17.4. The van der Waals surface area contributed by atoms with Gasteiger partial charge in [-0.3, -0.25) is 4.99 Å². The van der Waals surface area contributed by atoms with Crippen molar-refractivity contribution in [1.29, 1.82) is 0 Å². The lowest BCUT2D eigenvalue weighted by Gasteiger charge is -2.23. The van der Waals surface area contributed by atoms with Gasteiger partial charge >= 0.3 is 5.97 Å². The number of rotatable bonds is 7. The highest BCUT2D eigenvalue weighted by molar-refractivity contribution is 8.13. The second kappa shape index (κ2) is 11.7. The van der Waals surface area contributed by atoms with E-state index in [0.29, 0.717) is 5.92 Å². The molecule has 3 aromatic rings. The van der Waals surface area contributed by atoms with Gasteiger partial charge in [-0.05, 0) is 93.3 Å². The van der Waals surface area contributed by atoms with Gasteiger partial charge < -0.3 is 9.67 Å². The smallest absolute Gasteiger partial charge is 0.328 e. The summed E-state index contributed by atoms with van der Waals surface area (Å²) >= 11 is 1.64. The lowest BCUT2D eigenvalue weighted by Crippen LogP contribution is -2.07. The maximum Gasteiger partial charge on any atom is 0.328 e. The molecule has 6 heteroatoms. The molecule has 1 fully saturated rings. The van der Waals surface area contributed by atoms with Crippen LogP contribution in [0.15, 0.2) is 53.2 Å². The Morgan fingerprint density at radius 2 is 1.94 bits per heavy atom. The molecule has 0 atom stereocenters. The largest absolute Gasteiger partial charge is 0.478 e. The summed E-state index contributed by atoms with van der Waals surface area (Å²) in [6.07, 6.45) is 13.2. The lowest BCUT2D eigenvalue weighted by molar-refractivity contribution is -0.131. The molecule has 0 bridgehead atoms. The first-order valence-electron chi connectivity index (χ1n) is 12.7. The SMILES string of the molecule is CCn1c(/C=C/C(=O)O)cc(C2CCCCC2)c1-c1ccc2nc(/C=C(\C)N=C(C)SC)ccc2c1. The Morgan fingerprint density at radius 1 is 1.17 bits per heavy atom. The number of aliphatic carboxylic acids is 1. The molecular weight excluding hydrogens is 466 g/mol. The molecule has 0 amide bonds. The monoisotopic (exact) mass is 501 g/mol. The van der Waals surface area contributed by atoms with Crippen LogP contribution in [0.3, 0.4) is 0 Å². The van der Waals surface area contributed by atoms with Crippen LogP contribution in [-0.2, 0) is 11.3 Å². The van der Waals surface area contributed by atoms with Crippen LogP contribution in [-0.4, -0.2) is 31.9 Å². The summed E-state index contributed by atoms with van der Waals surface area (Å²) in [6, 6.07) is 12.9. The number of carbonyl (C=O) groups is 1. The molecule has 0 aliphatic heterocycles. The van der Waals surface area contributed by atoms with E-state index in [2.05, 4.69) is 46.8 Å². The van der Waals surface area contributed by atoms with E-state index in [0.717, 1.165) is 45.1 Å². The third-order valence-electron chi connectivity index (χ3n) is 6.89. The number of benzene rings is 1. The third kappa shape index (κ3) is 5.98. The molecule has 1 aliphatic rings. The van der Waals surface area contributed by atoms with E-state index in [1.165, 1.54) is 49.4 Å². The molecule has 1 aliphatic carbocycles. The molecule has 0 saturated heterocycles. The van der Waals surface area contributed by atoms with Crippen LogP contribution in [0.25, 0.3) is 34.3 Å². The molecule has 0 unspecified atom stereocenters. The number of hydrogen-bond acceptors (Lipinski definition) is 4. The van der Waals surface area contributed by atoms with E-state index in [1.54, 1.807) is 17.8 Å². The number of carboxylic acids is 1. The zero-order valence-corrected chi connectivity index (χ0v) is 22.4. The molecule has 0 radical (unpaired) electrons. The molecule has 1 saturated carbocycles. The van der Waals surface area contributed by atoms with Crippen LogP contribution in [0.1, 0.15) is 75.7 Å². The van der Waals surface area contributed by atoms with Gasteiger partial charge in [-0.25, -0.2) is 9.78 Å². The van der Waals surface area contributed by atoms with E-state index in [1.807, 2.05) is 32.2 Å². The summed E-state index contributed by atoms with van der Waals surface area (Å²) in [7, 11) is 0. The Labute approximate surface area is 218 Å². The van der Waals surface area contributed by atoms with E-state index >= 15 is 0 Å². The highest BCUT2D eigenvalue weighted by Gasteiger charge is 2.24. The second-order valence-corrected chi connectivity index (χ2v) is 10.4. The van der Waals surface area contributed by atoms with Crippen molar-refractivity contribution < 1.29 is 9.90 Å². The highest BCUT2D eigenvalue weighted by atomic mass is 32.2. The van der Waals surface area contributed by atoms with E-state index in [-0.39, 0.29) is 0 Å². The maximum atomic E-state index is 11.2. The number of aliphatic imine (C=N–C) groups is 1. The third-order valence-corrected chi connectivity index (χ3v) is 7.57. The Hall–Kier alpha value is -3.12. The predicted molar refractivity (Wildman–Crippen MR) is 154 cm³/mol. The number of fused-ring (bicyclic) bond motifs is 1. The van der Waals surface area contributed by atoms with Crippen molar-refractivity contribution in [1.82, 2.24) is 9.55 Å². The molecule has 36 heavy (non-hydrogen) atoms. The Kier molecular flexibility index (Phi) is 8.47. The number of aromatic nitrogens is 2. The van der Waals surface area contributed by atoms with Gasteiger partial charge in [0.25, 0.3) is 0 Å². The fraction of sp³-hybridized carbons (Fsp3) is 0.367. The Morgan fingerprint density at radius 3 is 2.64 bits per heavy atom. The average molecular weight is 502 g/mol. The Balaban J connectivity index is 1.78. The molecule has 2 heterocycles.